The van der Waals surface area contributed by atoms with E-state index in [1.54, 1.807) is 6.07 Å². The number of aryl methyl sites for hydroxylation is 1. The molecule has 0 saturated carbocycles. The maximum Gasteiger partial charge on any atom is 0.491 e. The Bertz CT molecular complexity index is 1580. The van der Waals surface area contributed by atoms with E-state index in [1.807, 2.05) is 65.0 Å². The maximum absolute atomic E-state index is 13.4. The van der Waals surface area contributed by atoms with Gasteiger partial charge in [0.05, 0.1) is 23.4 Å². The minimum Gasteiger partial charge on any atom is -0.460 e. The van der Waals surface area contributed by atoms with Crippen LogP contribution in [0.15, 0.2) is 45.6 Å². The van der Waals surface area contributed by atoms with Crippen molar-refractivity contribution in [3.05, 3.63) is 85.4 Å². The summed E-state index contributed by atoms with van der Waals surface area (Å²) in [5.74, 6) is 0.877. The number of hydrogen-bond donors (Lipinski definition) is 2. The normalized spacial score (nSPS) is 13.0. The first-order valence-electron chi connectivity index (χ1n) is 12.6. The van der Waals surface area contributed by atoms with E-state index in [9.17, 15) is 9.82 Å². The van der Waals surface area contributed by atoms with Crippen LogP contribution in [0.2, 0.25) is 5.15 Å². The highest BCUT2D eigenvalue weighted by Gasteiger charge is 2.29. The zero-order valence-corrected chi connectivity index (χ0v) is 22.5. The summed E-state index contributed by atoms with van der Waals surface area (Å²) >= 11 is 6.29. The minimum atomic E-state index is -0.894. The van der Waals surface area contributed by atoms with Gasteiger partial charge in [-0.2, -0.15) is 0 Å². The molecule has 0 aliphatic carbocycles. The van der Waals surface area contributed by atoms with Crippen LogP contribution < -0.4 is 16.2 Å². The van der Waals surface area contributed by atoms with E-state index in [0.717, 1.165) is 50.4 Å². The minimum absolute atomic E-state index is 0.0377. The number of benzene rings is 2. The molecule has 5 rings (SSSR count). The Morgan fingerprint density at radius 1 is 1.11 bits per heavy atom. The molecule has 0 bridgehead atoms. The van der Waals surface area contributed by atoms with Gasteiger partial charge >= 0.3 is 7.12 Å². The first-order valence-corrected chi connectivity index (χ1v) is 12.9. The van der Waals surface area contributed by atoms with Crippen LogP contribution in [0.5, 0.6) is 0 Å². The Morgan fingerprint density at radius 2 is 1.89 bits per heavy atom. The van der Waals surface area contributed by atoms with Crippen molar-refractivity contribution >= 4 is 40.8 Å². The van der Waals surface area contributed by atoms with Crippen LogP contribution in [0.3, 0.4) is 0 Å². The molecule has 2 aromatic carbocycles. The summed E-state index contributed by atoms with van der Waals surface area (Å²) < 4.78 is 11.6. The molecule has 0 fully saturated rings. The van der Waals surface area contributed by atoms with Crippen LogP contribution >= 0.6 is 11.6 Å². The zero-order chi connectivity index (χ0) is 26.4. The summed E-state index contributed by atoms with van der Waals surface area (Å²) in [5, 5.41) is 14.6. The summed E-state index contributed by atoms with van der Waals surface area (Å²) in [4.78, 5) is 18.0. The lowest BCUT2D eigenvalue weighted by Crippen LogP contribution is -2.28. The summed E-state index contributed by atoms with van der Waals surface area (Å²) in [7, 11) is -0.894. The van der Waals surface area contributed by atoms with E-state index in [1.165, 1.54) is 0 Å². The molecular weight excluding hydrogens is 487 g/mol. The lowest BCUT2D eigenvalue weighted by molar-refractivity contribution is 0.275. The van der Waals surface area contributed by atoms with E-state index >= 15 is 0 Å². The third-order valence-corrected chi connectivity index (χ3v) is 7.49. The van der Waals surface area contributed by atoms with Crippen molar-refractivity contribution in [3.63, 3.8) is 0 Å². The van der Waals surface area contributed by atoms with Crippen LogP contribution in [-0.4, -0.2) is 23.7 Å². The molecule has 3 heterocycles. The van der Waals surface area contributed by atoms with Crippen LogP contribution in [0.1, 0.15) is 53.3 Å². The Balaban J connectivity index is 1.47. The van der Waals surface area contributed by atoms with Crippen molar-refractivity contribution in [3.8, 4) is 11.3 Å². The predicted molar refractivity (Wildman–Crippen MR) is 150 cm³/mol. The first-order chi connectivity index (χ1) is 17.7. The van der Waals surface area contributed by atoms with E-state index in [4.69, 9.17) is 20.7 Å². The SMILES string of the molecule is Cc1ccc2oc(C(C)C)c(C)c(=O)c2c1CCNc1ccc(Cl)nc1-c1ccc2c(c1C)COB2O. The summed E-state index contributed by atoms with van der Waals surface area (Å²) in [6, 6.07) is 11.4. The predicted octanol–water partition coefficient (Wildman–Crippen LogP) is 5.43. The third kappa shape index (κ3) is 4.56. The van der Waals surface area contributed by atoms with Crippen molar-refractivity contribution in [2.45, 2.75) is 53.6 Å². The molecule has 0 spiro atoms. The molecule has 0 unspecified atom stereocenters. The average Bonchev–Trinajstić information content (AvgIpc) is 3.25. The Hall–Kier alpha value is -3.13. The van der Waals surface area contributed by atoms with Gasteiger partial charge in [0.1, 0.15) is 16.5 Å². The number of anilines is 1. The molecular formula is C29H30BClN2O4. The van der Waals surface area contributed by atoms with E-state index in [0.29, 0.717) is 41.3 Å². The number of nitrogens with zero attached hydrogens (tertiary/aromatic N) is 1. The van der Waals surface area contributed by atoms with Gasteiger partial charge in [-0.15, -0.1) is 0 Å². The van der Waals surface area contributed by atoms with Crippen LogP contribution in [0.25, 0.3) is 22.2 Å². The van der Waals surface area contributed by atoms with Gasteiger partial charge in [0.2, 0.25) is 0 Å². The largest absolute Gasteiger partial charge is 0.491 e. The second-order valence-corrected chi connectivity index (χ2v) is 10.4. The number of pyridine rings is 1. The molecule has 2 aromatic heterocycles. The van der Waals surface area contributed by atoms with Gasteiger partial charge < -0.3 is 19.4 Å². The Kier molecular flexibility index (Phi) is 6.88. The highest BCUT2D eigenvalue weighted by atomic mass is 35.5. The topological polar surface area (TPSA) is 84.6 Å². The van der Waals surface area contributed by atoms with E-state index in [-0.39, 0.29) is 11.3 Å². The monoisotopic (exact) mass is 516 g/mol. The number of halogens is 1. The second-order valence-electron chi connectivity index (χ2n) is 9.99. The highest BCUT2D eigenvalue weighted by Crippen LogP contribution is 2.33. The molecule has 0 amide bonds. The fourth-order valence-electron chi connectivity index (χ4n) is 5.25. The molecule has 6 nitrogen and oxygen atoms in total. The highest BCUT2D eigenvalue weighted by molar-refractivity contribution is 6.61. The van der Waals surface area contributed by atoms with E-state index in [2.05, 4.69) is 10.3 Å². The standard InChI is InChI=1S/C29H30BClN2O4/c1-15(2)29-18(5)28(34)26-19(16(3)6-10-24(26)37-29)12-13-32-23-9-11-25(31)33-27(23)20-7-8-22-21(17(20)4)14-36-30(22)35/h6-11,15,32,35H,12-14H2,1-5H3. The summed E-state index contributed by atoms with van der Waals surface area (Å²) in [5.41, 5.74) is 8.67. The molecule has 190 valence electrons. The van der Waals surface area contributed by atoms with Gasteiger partial charge in [-0.1, -0.05) is 43.6 Å². The van der Waals surface area contributed by atoms with Crippen LogP contribution in [0.4, 0.5) is 5.69 Å². The van der Waals surface area contributed by atoms with Crippen molar-refractivity contribution in [1.29, 1.82) is 0 Å². The van der Waals surface area contributed by atoms with Gasteiger partial charge in [-0.3, -0.25) is 4.79 Å². The molecule has 1 aliphatic rings. The molecule has 1 aliphatic heterocycles. The molecule has 2 N–H and O–H groups in total. The molecule has 0 saturated heterocycles. The van der Waals surface area contributed by atoms with Gasteiger partial charge in [0.15, 0.2) is 5.43 Å². The van der Waals surface area contributed by atoms with Crippen molar-refractivity contribution in [2.75, 3.05) is 11.9 Å². The maximum atomic E-state index is 13.4. The van der Waals surface area contributed by atoms with Gasteiger partial charge in [0, 0.05) is 23.6 Å². The van der Waals surface area contributed by atoms with Crippen LogP contribution in [0, 0.1) is 20.8 Å². The molecule has 0 atom stereocenters. The lowest BCUT2D eigenvalue weighted by atomic mass is 9.77. The van der Waals surface area contributed by atoms with E-state index < -0.39 is 7.12 Å². The van der Waals surface area contributed by atoms with Crippen molar-refractivity contribution in [2.24, 2.45) is 0 Å². The smallest absolute Gasteiger partial charge is 0.460 e. The van der Waals surface area contributed by atoms with Crippen molar-refractivity contribution in [1.82, 2.24) is 4.98 Å². The van der Waals surface area contributed by atoms with Gasteiger partial charge in [-0.05, 0) is 73.1 Å². The number of nitrogens with one attached hydrogen (secondary N) is 1. The summed E-state index contributed by atoms with van der Waals surface area (Å²) in [6.45, 7) is 10.9. The van der Waals surface area contributed by atoms with Gasteiger partial charge in [0.25, 0.3) is 0 Å². The molecule has 4 aromatic rings. The number of rotatable bonds is 6. The van der Waals surface area contributed by atoms with Crippen molar-refractivity contribution < 1.29 is 14.1 Å². The first kappa shape index (κ1) is 25.5. The Morgan fingerprint density at radius 3 is 2.65 bits per heavy atom. The molecule has 37 heavy (non-hydrogen) atoms. The second kappa shape index (κ2) is 9.97. The zero-order valence-electron chi connectivity index (χ0n) is 21.7. The number of fused-ring (bicyclic) bond motifs is 2. The van der Waals surface area contributed by atoms with Crippen LogP contribution in [-0.2, 0) is 17.7 Å². The molecule has 0 radical (unpaired) electrons. The molecule has 8 heteroatoms. The fourth-order valence-corrected chi connectivity index (χ4v) is 5.39. The fraction of sp³-hybridized carbons (Fsp3) is 0.310. The quantitative estimate of drug-likeness (QED) is 0.263. The number of hydrogen-bond acceptors (Lipinski definition) is 6. The lowest BCUT2D eigenvalue weighted by Gasteiger charge is -2.17. The Labute approximate surface area is 221 Å². The number of aromatic nitrogens is 1. The summed E-state index contributed by atoms with van der Waals surface area (Å²) in [6.07, 6.45) is 0.639. The van der Waals surface area contributed by atoms with Gasteiger partial charge in [-0.25, -0.2) is 4.98 Å². The average molecular weight is 517 g/mol. The third-order valence-electron chi connectivity index (χ3n) is 7.28.